The molecular weight excluding hydrogens is 395 g/mol. The SMILES string of the molecule is Cc1nc(N2CCCC(C(=O)Nc3ccc(F)cc3Cl)C2)c2c(C)c(C)oc2n1. The maximum absolute atomic E-state index is 13.2. The van der Waals surface area contributed by atoms with Gasteiger partial charge in [0.05, 0.1) is 22.0 Å². The van der Waals surface area contributed by atoms with Crippen LogP contribution in [-0.2, 0) is 4.79 Å². The highest BCUT2D eigenvalue weighted by Gasteiger charge is 2.29. The van der Waals surface area contributed by atoms with Crippen LogP contribution >= 0.6 is 11.6 Å². The van der Waals surface area contributed by atoms with Gasteiger partial charge in [0.15, 0.2) is 0 Å². The highest BCUT2D eigenvalue weighted by atomic mass is 35.5. The third kappa shape index (κ3) is 3.79. The zero-order valence-electron chi connectivity index (χ0n) is 16.6. The van der Waals surface area contributed by atoms with E-state index in [0.717, 1.165) is 41.9 Å². The van der Waals surface area contributed by atoms with Crippen molar-refractivity contribution in [2.45, 2.75) is 33.6 Å². The van der Waals surface area contributed by atoms with E-state index in [1.807, 2.05) is 20.8 Å². The zero-order chi connectivity index (χ0) is 20.7. The van der Waals surface area contributed by atoms with Crippen molar-refractivity contribution in [3.05, 3.63) is 46.2 Å². The second kappa shape index (κ2) is 7.63. The summed E-state index contributed by atoms with van der Waals surface area (Å²) in [6.07, 6.45) is 1.62. The Morgan fingerprint density at radius 2 is 2.10 bits per heavy atom. The molecule has 1 atom stereocenters. The lowest BCUT2D eigenvalue weighted by Crippen LogP contribution is -2.41. The molecule has 1 aromatic carbocycles. The fourth-order valence-electron chi connectivity index (χ4n) is 3.77. The predicted molar refractivity (Wildman–Crippen MR) is 111 cm³/mol. The average Bonchev–Trinajstić information content (AvgIpc) is 2.97. The van der Waals surface area contributed by atoms with E-state index in [9.17, 15) is 9.18 Å². The number of rotatable bonds is 3. The van der Waals surface area contributed by atoms with Crippen LogP contribution in [0.25, 0.3) is 11.1 Å². The highest BCUT2D eigenvalue weighted by molar-refractivity contribution is 6.33. The number of fused-ring (bicyclic) bond motifs is 1. The van der Waals surface area contributed by atoms with Gasteiger partial charge >= 0.3 is 0 Å². The van der Waals surface area contributed by atoms with E-state index >= 15 is 0 Å². The number of halogens is 2. The largest absolute Gasteiger partial charge is 0.443 e. The molecule has 152 valence electrons. The molecule has 0 spiro atoms. The van der Waals surface area contributed by atoms with Crippen LogP contribution in [0.3, 0.4) is 0 Å². The number of aryl methyl sites for hydroxylation is 3. The molecule has 8 heteroatoms. The number of carbonyl (C=O) groups is 1. The predicted octanol–water partition coefficient (Wildman–Crippen LogP) is 4.80. The van der Waals surface area contributed by atoms with Crippen molar-refractivity contribution in [1.29, 1.82) is 0 Å². The first-order chi connectivity index (χ1) is 13.8. The standard InChI is InChI=1S/C21H22ClFN4O2/c1-11-12(2)29-21-18(11)19(24-13(3)25-21)27-8-4-5-14(10-27)20(28)26-17-7-6-15(23)9-16(17)22/h6-7,9,14H,4-5,8,10H2,1-3H3,(H,26,28). The van der Waals surface area contributed by atoms with Crippen LogP contribution in [0, 0.1) is 32.5 Å². The molecule has 1 fully saturated rings. The maximum atomic E-state index is 13.2. The molecular formula is C21H22ClFN4O2. The first-order valence-electron chi connectivity index (χ1n) is 9.58. The molecule has 1 amide bonds. The Kier molecular flexibility index (Phi) is 5.17. The molecule has 2 aromatic heterocycles. The van der Waals surface area contributed by atoms with E-state index in [4.69, 9.17) is 16.0 Å². The molecule has 1 aliphatic rings. The van der Waals surface area contributed by atoms with Gasteiger partial charge in [0, 0.05) is 18.7 Å². The van der Waals surface area contributed by atoms with Gasteiger partial charge in [0.2, 0.25) is 11.6 Å². The van der Waals surface area contributed by atoms with E-state index in [-0.39, 0.29) is 16.8 Å². The molecule has 1 N–H and O–H groups in total. The first kappa shape index (κ1) is 19.6. The number of piperidine rings is 1. The number of nitrogens with one attached hydrogen (secondary N) is 1. The van der Waals surface area contributed by atoms with Crippen molar-refractivity contribution in [3.63, 3.8) is 0 Å². The normalized spacial score (nSPS) is 17.0. The van der Waals surface area contributed by atoms with Crippen LogP contribution in [0.5, 0.6) is 0 Å². The fourth-order valence-corrected chi connectivity index (χ4v) is 3.98. The number of carbonyl (C=O) groups excluding carboxylic acids is 1. The lowest BCUT2D eigenvalue weighted by atomic mass is 9.96. The van der Waals surface area contributed by atoms with Gasteiger partial charge in [-0.05, 0) is 51.8 Å². The minimum absolute atomic E-state index is 0.134. The first-order valence-corrected chi connectivity index (χ1v) is 9.96. The van der Waals surface area contributed by atoms with Gasteiger partial charge < -0.3 is 14.6 Å². The molecule has 1 unspecified atom stereocenters. The summed E-state index contributed by atoms with van der Waals surface area (Å²) in [7, 11) is 0. The Bertz CT molecular complexity index is 1100. The fraction of sp³-hybridized carbons (Fsp3) is 0.381. The van der Waals surface area contributed by atoms with Crippen molar-refractivity contribution >= 4 is 40.1 Å². The number of nitrogens with zero attached hydrogens (tertiary/aromatic N) is 3. The second-order valence-corrected chi connectivity index (χ2v) is 7.86. The molecule has 4 rings (SSSR count). The van der Waals surface area contributed by atoms with Crippen LogP contribution in [0.15, 0.2) is 22.6 Å². The van der Waals surface area contributed by atoms with E-state index in [2.05, 4.69) is 20.2 Å². The van der Waals surface area contributed by atoms with Gasteiger partial charge in [0.25, 0.3) is 0 Å². The molecule has 0 radical (unpaired) electrons. The summed E-state index contributed by atoms with van der Waals surface area (Å²) in [5, 5.41) is 3.91. The van der Waals surface area contributed by atoms with Crippen molar-refractivity contribution < 1.29 is 13.6 Å². The van der Waals surface area contributed by atoms with Crippen LogP contribution < -0.4 is 10.2 Å². The van der Waals surface area contributed by atoms with Gasteiger partial charge in [-0.3, -0.25) is 4.79 Å². The molecule has 1 aliphatic heterocycles. The number of furan rings is 1. The van der Waals surface area contributed by atoms with Crippen LogP contribution in [0.1, 0.15) is 30.0 Å². The summed E-state index contributed by atoms with van der Waals surface area (Å²) >= 11 is 6.05. The highest BCUT2D eigenvalue weighted by Crippen LogP contribution is 2.33. The third-order valence-electron chi connectivity index (χ3n) is 5.40. The molecule has 3 aromatic rings. The Morgan fingerprint density at radius 3 is 2.86 bits per heavy atom. The van der Waals surface area contributed by atoms with Gasteiger partial charge in [-0.2, -0.15) is 4.98 Å². The number of hydrogen-bond donors (Lipinski definition) is 1. The molecule has 3 heterocycles. The van der Waals surface area contributed by atoms with Gasteiger partial charge in [0.1, 0.15) is 23.2 Å². The third-order valence-corrected chi connectivity index (χ3v) is 5.71. The Hall–Kier alpha value is -2.67. The van der Waals surface area contributed by atoms with Crippen LogP contribution in [0.4, 0.5) is 15.9 Å². The second-order valence-electron chi connectivity index (χ2n) is 7.46. The van der Waals surface area contributed by atoms with Crippen LogP contribution in [0.2, 0.25) is 5.02 Å². The average molecular weight is 417 g/mol. The summed E-state index contributed by atoms with van der Waals surface area (Å²) in [4.78, 5) is 24.0. The zero-order valence-corrected chi connectivity index (χ0v) is 17.3. The Morgan fingerprint density at radius 1 is 1.31 bits per heavy atom. The maximum Gasteiger partial charge on any atom is 0.231 e. The van der Waals surface area contributed by atoms with Crippen molar-refractivity contribution in [2.24, 2.45) is 5.92 Å². The Labute approximate surface area is 173 Å². The smallest absolute Gasteiger partial charge is 0.231 e. The molecule has 0 bridgehead atoms. The van der Waals surface area contributed by atoms with E-state index < -0.39 is 5.82 Å². The molecule has 0 aliphatic carbocycles. The summed E-state index contributed by atoms with van der Waals surface area (Å²) in [6.45, 7) is 7.07. The molecule has 0 saturated carbocycles. The van der Waals surface area contributed by atoms with Gasteiger partial charge in [-0.25, -0.2) is 9.37 Å². The number of hydrogen-bond acceptors (Lipinski definition) is 5. The molecule has 29 heavy (non-hydrogen) atoms. The topological polar surface area (TPSA) is 71.3 Å². The lowest BCUT2D eigenvalue weighted by Gasteiger charge is -2.33. The minimum atomic E-state index is -0.439. The summed E-state index contributed by atoms with van der Waals surface area (Å²) in [5.74, 6) is 1.45. The minimum Gasteiger partial charge on any atom is -0.443 e. The summed E-state index contributed by atoms with van der Waals surface area (Å²) < 4.78 is 19.0. The van der Waals surface area contributed by atoms with E-state index in [0.29, 0.717) is 23.8 Å². The van der Waals surface area contributed by atoms with Gasteiger partial charge in [-0.15, -0.1) is 0 Å². The van der Waals surface area contributed by atoms with Crippen LogP contribution in [-0.4, -0.2) is 29.0 Å². The number of benzene rings is 1. The van der Waals surface area contributed by atoms with Crippen molar-refractivity contribution in [3.8, 4) is 0 Å². The number of anilines is 2. The van der Waals surface area contributed by atoms with Crippen molar-refractivity contribution in [1.82, 2.24) is 9.97 Å². The quantitative estimate of drug-likeness (QED) is 0.664. The summed E-state index contributed by atoms with van der Waals surface area (Å²) in [5.41, 5.74) is 2.00. The summed E-state index contributed by atoms with van der Waals surface area (Å²) in [6, 6.07) is 3.94. The lowest BCUT2D eigenvalue weighted by molar-refractivity contribution is -0.120. The van der Waals surface area contributed by atoms with Crippen molar-refractivity contribution in [2.75, 3.05) is 23.3 Å². The Balaban J connectivity index is 1.59. The molecule has 6 nitrogen and oxygen atoms in total. The number of amides is 1. The van der Waals surface area contributed by atoms with E-state index in [1.165, 1.54) is 18.2 Å². The number of aromatic nitrogens is 2. The molecule has 1 saturated heterocycles. The monoisotopic (exact) mass is 416 g/mol. The van der Waals surface area contributed by atoms with E-state index in [1.54, 1.807) is 0 Å². The van der Waals surface area contributed by atoms with Gasteiger partial charge in [-0.1, -0.05) is 11.6 Å².